The molecule has 3 nitrogen and oxygen atoms in total. The minimum atomic E-state index is -0.766. The average Bonchev–Trinajstić information content (AvgIpc) is 2.33. The molecular weight excluding hydrogens is 269 g/mol. The number of hydrogen-bond donors (Lipinski definition) is 0. The largest absolute Gasteiger partial charge is 0.304 e. The summed E-state index contributed by atoms with van der Waals surface area (Å²) in [5.41, 5.74) is 0.316. The van der Waals surface area contributed by atoms with Crippen LogP contribution in [0.4, 0.5) is 10.1 Å². The third-order valence-electron chi connectivity index (χ3n) is 3.86. The molecule has 0 saturated heterocycles. The van der Waals surface area contributed by atoms with Crippen molar-refractivity contribution >= 4 is 17.3 Å². The molecule has 5 heteroatoms. The summed E-state index contributed by atoms with van der Waals surface area (Å²) in [7, 11) is 0. The van der Waals surface area contributed by atoms with Crippen LogP contribution in [0.3, 0.4) is 0 Å². The van der Waals surface area contributed by atoms with E-state index >= 15 is 0 Å². The Morgan fingerprint density at radius 3 is 2.84 bits per heavy atom. The minimum Gasteiger partial charge on any atom is -0.258 e. The van der Waals surface area contributed by atoms with Gasteiger partial charge in [-0.1, -0.05) is 13.0 Å². The molecule has 0 spiro atoms. The Morgan fingerprint density at radius 2 is 2.21 bits per heavy atom. The highest BCUT2D eigenvalue weighted by Crippen LogP contribution is 2.35. The zero-order valence-corrected chi connectivity index (χ0v) is 11.6. The summed E-state index contributed by atoms with van der Waals surface area (Å²) in [6, 6.07) is 4.13. The van der Waals surface area contributed by atoms with E-state index in [0.717, 1.165) is 24.8 Å². The fourth-order valence-electron chi connectivity index (χ4n) is 2.80. The topological polar surface area (TPSA) is 43.1 Å². The van der Waals surface area contributed by atoms with Crippen molar-refractivity contribution in [1.82, 2.24) is 0 Å². The summed E-state index contributed by atoms with van der Waals surface area (Å²) in [4.78, 5) is 9.86. The van der Waals surface area contributed by atoms with Gasteiger partial charge in [0.05, 0.1) is 4.92 Å². The Morgan fingerprint density at radius 1 is 1.47 bits per heavy atom. The monoisotopic (exact) mass is 285 g/mol. The van der Waals surface area contributed by atoms with E-state index in [2.05, 4.69) is 6.92 Å². The predicted octanol–water partition coefficient (Wildman–Crippen LogP) is 4.32. The summed E-state index contributed by atoms with van der Waals surface area (Å²) in [6.45, 7) is 2.20. The molecule has 1 aliphatic rings. The highest BCUT2D eigenvalue weighted by Gasteiger charge is 2.27. The van der Waals surface area contributed by atoms with Gasteiger partial charge in [0.25, 0.3) is 0 Å². The van der Waals surface area contributed by atoms with E-state index in [1.165, 1.54) is 12.1 Å². The molecule has 3 unspecified atom stereocenters. The fraction of sp³-hybridized carbons (Fsp3) is 0.571. The number of nitro benzene ring substituents is 1. The molecular formula is C14H17ClFNO2. The van der Waals surface area contributed by atoms with Crippen molar-refractivity contribution in [2.45, 2.75) is 38.0 Å². The van der Waals surface area contributed by atoms with Crippen LogP contribution in [-0.4, -0.2) is 10.3 Å². The molecule has 1 aliphatic carbocycles. The van der Waals surface area contributed by atoms with E-state index in [4.69, 9.17) is 11.6 Å². The van der Waals surface area contributed by atoms with Crippen LogP contribution in [-0.2, 0) is 6.42 Å². The highest BCUT2D eigenvalue weighted by molar-refractivity contribution is 6.20. The maximum atomic E-state index is 13.6. The quantitative estimate of drug-likeness (QED) is 0.471. The average molecular weight is 286 g/mol. The zero-order chi connectivity index (χ0) is 14.0. The molecule has 19 heavy (non-hydrogen) atoms. The van der Waals surface area contributed by atoms with Gasteiger partial charge in [-0.05, 0) is 49.1 Å². The molecule has 3 atom stereocenters. The Balaban J connectivity index is 2.10. The number of hydrogen-bond acceptors (Lipinski definition) is 2. The summed E-state index contributed by atoms with van der Waals surface area (Å²) >= 11 is 6.32. The van der Waals surface area contributed by atoms with Crippen molar-refractivity contribution in [3.8, 4) is 0 Å². The number of alkyl halides is 1. The first-order chi connectivity index (χ1) is 8.97. The van der Waals surface area contributed by atoms with Crippen molar-refractivity contribution in [2.75, 3.05) is 0 Å². The van der Waals surface area contributed by atoms with E-state index in [0.29, 0.717) is 18.3 Å². The summed E-state index contributed by atoms with van der Waals surface area (Å²) in [5, 5.41) is 10.7. The molecule has 104 valence electrons. The van der Waals surface area contributed by atoms with E-state index in [1.54, 1.807) is 6.07 Å². The van der Waals surface area contributed by atoms with Crippen LogP contribution in [0.1, 0.15) is 31.7 Å². The van der Waals surface area contributed by atoms with Crippen LogP contribution in [0.2, 0.25) is 0 Å². The van der Waals surface area contributed by atoms with Gasteiger partial charge < -0.3 is 0 Å². The van der Waals surface area contributed by atoms with Crippen LogP contribution in [0.15, 0.2) is 18.2 Å². The van der Waals surface area contributed by atoms with E-state index in [9.17, 15) is 14.5 Å². The first-order valence-corrected chi connectivity index (χ1v) is 6.98. The lowest BCUT2D eigenvalue weighted by Gasteiger charge is -2.31. The van der Waals surface area contributed by atoms with Crippen LogP contribution >= 0.6 is 11.6 Å². The number of nitro groups is 1. The first kappa shape index (κ1) is 14.3. The summed E-state index contributed by atoms with van der Waals surface area (Å²) in [6.07, 6.45) is 3.85. The van der Waals surface area contributed by atoms with E-state index in [-0.39, 0.29) is 5.38 Å². The van der Waals surface area contributed by atoms with E-state index < -0.39 is 16.4 Å². The van der Waals surface area contributed by atoms with E-state index in [1.807, 2.05) is 0 Å². The molecule has 2 rings (SSSR count). The van der Waals surface area contributed by atoms with Gasteiger partial charge in [-0.25, -0.2) is 0 Å². The maximum absolute atomic E-state index is 13.6. The number of rotatable bonds is 3. The number of nitrogens with zero attached hydrogens (tertiary/aromatic N) is 1. The fourth-order valence-corrected chi connectivity index (χ4v) is 3.12. The molecule has 0 bridgehead atoms. The Hall–Kier alpha value is -1.16. The van der Waals surface area contributed by atoms with Gasteiger partial charge in [0.1, 0.15) is 0 Å². The normalized spacial score (nSPS) is 27.2. The standard InChI is InChI=1S/C14H17ClFNO2/c1-9-2-4-12(15)11(6-9)7-10-3-5-14(17(18)19)13(16)8-10/h3,5,8-9,11-12H,2,4,6-7H2,1H3. The highest BCUT2D eigenvalue weighted by atomic mass is 35.5. The molecule has 0 aromatic heterocycles. The number of benzene rings is 1. The van der Waals surface area contributed by atoms with Crippen molar-refractivity contribution in [1.29, 1.82) is 0 Å². The molecule has 0 amide bonds. The van der Waals surface area contributed by atoms with Gasteiger partial charge in [-0.3, -0.25) is 10.1 Å². The Bertz CT molecular complexity index is 481. The second kappa shape index (κ2) is 5.87. The van der Waals surface area contributed by atoms with Gasteiger partial charge in [-0.2, -0.15) is 4.39 Å². The molecule has 1 saturated carbocycles. The minimum absolute atomic E-state index is 0.120. The molecule has 1 aromatic carbocycles. The third kappa shape index (κ3) is 3.44. The van der Waals surface area contributed by atoms with Gasteiger partial charge in [0.2, 0.25) is 5.82 Å². The second-order valence-electron chi connectivity index (χ2n) is 5.44. The van der Waals surface area contributed by atoms with Gasteiger partial charge in [-0.15, -0.1) is 11.6 Å². The van der Waals surface area contributed by atoms with Crippen molar-refractivity contribution < 1.29 is 9.31 Å². The summed E-state index contributed by atoms with van der Waals surface area (Å²) in [5.74, 6) is 0.201. The van der Waals surface area contributed by atoms with Crippen molar-refractivity contribution in [3.63, 3.8) is 0 Å². The predicted molar refractivity (Wildman–Crippen MR) is 72.9 cm³/mol. The smallest absolute Gasteiger partial charge is 0.258 e. The molecule has 0 radical (unpaired) electrons. The van der Waals surface area contributed by atoms with Gasteiger partial charge >= 0.3 is 5.69 Å². The second-order valence-corrected chi connectivity index (χ2v) is 6.00. The lowest BCUT2D eigenvalue weighted by atomic mass is 9.79. The molecule has 0 heterocycles. The summed E-state index contributed by atoms with van der Waals surface area (Å²) < 4.78 is 13.6. The Labute approximate surface area is 116 Å². The van der Waals surface area contributed by atoms with Crippen LogP contribution in [0.5, 0.6) is 0 Å². The third-order valence-corrected chi connectivity index (χ3v) is 4.43. The van der Waals surface area contributed by atoms with Crippen LogP contribution in [0.25, 0.3) is 0 Å². The zero-order valence-electron chi connectivity index (χ0n) is 10.8. The molecule has 0 N–H and O–H groups in total. The van der Waals surface area contributed by atoms with Gasteiger partial charge in [0.15, 0.2) is 0 Å². The van der Waals surface area contributed by atoms with Crippen molar-refractivity contribution in [2.24, 2.45) is 11.8 Å². The Kier molecular flexibility index (Phi) is 4.40. The van der Waals surface area contributed by atoms with Crippen LogP contribution < -0.4 is 0 Å². The van der Waals surface area contributed by atoms with Gasteiger partial charge in [0, 0.05) is 11.4 Å². The lowest BCUT2D eigenvalue weighted by Crippen LogP contribution is -2.26. The lowest BCUT2D eigenvalue weighted by molar-refractivity contribution is -0.387. The maximum Gasteiger partial charge on any atom is 0.304 e. The molecule has 1 aromatic rings. The number of halogens is 2. The first-order valence-electron chi connectivity index (χ1n) is 6.54. The SMILES string of the molecule is CC1CCC(Cl)C(Cc2ccc([N+](=O)[O-])c(F)c2)C1. The molecule has 0 aliphatic heterocycles. The van der Waals surface area contributed by atoms with Crippen LogP contribution in [0, 0.1) is 27.8 Å². The van der Waals surface area contributed by atoms with Crippen molar-refractivity contribution in [3.05, 3.63) is 39.7 Å². The molecule has 1 fully saturated rings.